The molecule has 1 saturated heterocycles. The predicted octanol–water partition coefficient (Wildman–Crippen LogP) is 3.48. The van der Waals surface area contributed by atoms with E-state index in [0.717, 1.165) is 43.1 Å². The van der Waals surface area contributed by atoms with Gasteiger partial charge in [-0.15, -0.1) is 0 Å². The Morgan fingerprint density at radius 3 is 2.86 bits per heavy atom. The van der Waals surface area contributed by atoms with Crippen LogP contribution in [-0.4, -0.2) is 47.4 Å². The van der Waals surface area contributed by atoms with Crippen LogP contribution in [0.1, 0.15) is 19.8 Å². The minimum Gasteiger partial charge on any atom is -0.395 e. The van der Waals surface area contributed by atoms with Crippen molar-refractivity contribution in [3.05, 3.63) is 54.7 Å². The fourth-order valence-electron chi connectivity index (χ4n) is 4.20. The van der Waals surface area contributed by atoms with Gasteiger partial charge in [-0.2, -0.15) is 0 Å². The first kappa shape index (κ1) is 18.8. The minimum atomic E-state index is 0.184. The summed E-state index contributed by atoms with van der Waals surface area (Å²) in [5.41, 5.74) is 2.08. The van der Waals surface area contributed by atoms with Crippen molar-refractivity contribution >= 4 is 16.7 Å². The third-order valence-corrected chi connectivity index (χ3v) is 5.72. The van der Waals surface area contributed by atoms with E-state index in [1.807, 2.05) is 12.3 Å². The summed E-state index contributed by atoms with van der Waals surface area (Å²) >= 11 is 0. The molecule has 0 bridgehead atoms. The molecule has 4 rings (SSSR count). The van der Waals surface area contributed by atoms with Gasteiger partial charge in [0.25, 0.3) is 0 Å². The van der Waals surface area contributed by atoms with Gasteiger partial charge in [-0.25, -0.2) is 9.97 Å². The molecule has 1 fully saturated rings. The number of nitrogens with one attached hydrogen (secondary N) is 1. The number of rotatable bonds is 7. The Hall–Kier alpha value is -2.50. The number of hydrogen-bond donors (Lipinski definition) is 2. The standard InChI is InChI=1S/C23H28N4O/c1-2-21(24-12-14-28)20-10-13-27(16-20)23-25-11-9-22(26-23)19-8-7-17-5-3-4-6-18(17)15-19/h3-9,11,15,20-21,24,28H,2,10,12-14,16H2,1H3. The van der Waals surface area contributed by atoms with Crippen molar-refractivity contribution in [3.8, 4) is 11.3 Å². The van der Waals surface area contributed by atoms with Crippen molar-refractivity contribution < 1.29 is 5.11 Å². The number of benzene rings is 2. The van der Waals surface area contributed by atoms with Crippen molar-refractivity contribution in [1.82, 2.24) is 15.3 Å². The van der Waals surface area contributed by atoms with Gasteiger partial charge in [0.05, 0.1) is 12.3 Å². The predicted molar refractivity (Wildman–Crippen MR) is 114 cm³/mol. The fourth-order valence-corrected chi connectivity index (χ4v) is 4.20. The maximum absolute atomic E-state index is 9.10. The lowest BCUT2D eigenvalue weighted by molar-refractivity contribution is 0.268. The number of anilines is 1. The highest BCUT2D eigenvalue weighted by molar-refractivity contribution is 5.86. The second-order valence-electron chi connectivity index (χ2n) is 7.49. The highest BCUT2D eigenvalue weighted by Gasteiger charge is 2.29. The van der Waals surface area contributed by atoms with E-state index in [1.54, 1.807) is 0 Å². The lowest BCUT2D eigenvalue weighted by Gasteiger charge is -2.24. The van der Waals surface area contributed by atoms with Crippen LogP contribution in [0, 0.1) is 5.92 Å². The van der Waals surface area contributed by atoms with E-state index in [4.69, 9.17) is 10.1 Å². The van der Waals surface area contributed by atoms with E-state index in [-0.39, 0.29) is 6.61 Å². The Bertz CT molecular complexity index is 929. The number of aliphatic hydroxyl groups excluding tert-OH is 1. The molecule has 1 aromatic heterocycles. The summed E-state index contributed by atoms with van der Waals surface area (Å²) in [6.07, 6.45) is 4.05. The average Bonchev–Trinajstić information content (AvgIpc) is 3.24. The number of aromatic nitrogens is 2. The summed E-state index contributed by atoms with van der Waals surface area (Å²) in [4.78, 5) is 11.7. The van der Waals surface area contributed by atoms with Crippen LogP contribution in [0.25, 0.3) is 22.0 Å². The van der Waals surface area contributed by atoms with E-state index in [2.05, 4.69) is 64.6 Å². The first-order chi connectivity index (χ1) is 13.8. The van der Waals surface area contributed by atoms with Gasteiger partial charge in [0.1, 0.15) is 0 Å². The molecule has 0 radical (unpaired) electrons. The molecule has 2 unspecified atom stereocenters. The van der Waals surface area contributed by atoms with E-state index in [9.17, 15) is 0 Å². The van der Waals surface area contributed by atoms with Crippen molar-refractivity contribution in [3.63, 3.8) is 0 Å². The molecule has 5 nitrogen and oxygen atoms in total. The van der Waals surface area contributed by atoms with Gasteiger partial charge in [0, 0.05) is 37.4 Å². The quantitative estimate of drug-likeness (QED) is 0.661. The Morgan fingerprint density at radius 2 is 2.04 bits per heavy atom. The SMILES string of the molecule is CCC(NCCO)C1CCN(c2nccc(-c3ccc4ccccc4c3)n2)C1. The molecule has 0 aliphatic carbocycles. The molecule has 0 amide bonds. The highest BCUT2D eigenvalue weighted by atomic mass is 16.3. The van der Waals surface area contributed by atoms with Gasteiger partial charge in [0.15, 0.2) is 0 Å². The zero-order chi connectivity index (χ0) is 19.3. The molecule has 2 atom stereocenters. The smallest absolute Gasteiger partial charge is 0.225 e. The Morgan fingerprint density at radius 1 is 1.18 bits per heavy atom. The van der Waals surface area contributed by atoms with Crippen molar-refractivity contribution in [2.45, 2.75) is 25.8 Å². The maximum Gasteiger partial charge on any atom is 0.225 e. The summed E-state index contributed by atoms with van der Waals surface area (Å²) in [5, 5.41) is 15.0. The second-order valence-corrected chi connectivity index (χ2v) is 7.49. The van der Waals surface area contributed by atoms with E-state index in [0.29, 0.717) is 18.5 Å². The third-order valence-electron chi connectivity index (χ3n) is 5.72. The van der Waals surface area contributed by atoms with E-state index >= 15 is 0 Å². The van der Waals surface area contributed by atoms with Crippen LogP contribution >= 0.6 is 0 Å². The van der Waals surface area contributed by atoms with Gasteiger partial charge in [-0.05, 0) is 41.7 Å². The van der Waals surface area contributed by atoms with Crippen LogP contribution < -0.4 is 10.2 Å². The van der Waals surface area contributed by atoms with Crippen LogP contribution in [-0.2, 0) is 0 Å². The van der Waals surface area contributed by atoms with Crippen LogP contribution in [0.2, 0.25) is 0 Å². The van der Waals surface area contributed by atoms with E-state index < -0.39 is 0 Å². The van der Waals surface area contributed by atoms with Gasteiger partial charge in [0.2, 0.25) is 5.95 Å². The van der Waals surface area contributed by atoms with Crippen molar-refractivity contribution in [1.29, 1.82) is 0 Å². The highest BCUT2D eigenvalue weighted by Crippen LogP contribution is 2.27. The topological polar surface area (TPSA) is 61.3 Å². The van der Waals surface area contributed by atoms with Gasteiger partial charge < -0.3 is 15.3 Å². The summed E-state index contributed by atoms with van der Waals surface area (Å²) in [5.74, 6) is 1.37. The molecular weight excluding hydrogens is 348 g/mol. The zero-order valence-electron chi connectivity index (χ0n) is 16.4. The summed E-state index contributed by atoms with van der Waals surface area (Å²) in [7, 11) is 0. The molecule has 2 N–H and O–H groups in total. The fraction of sp³-hybridized carbons (Fsp3) is 0.391. The second kappa shape index (κ2) is 8.67. The third kappa shape index (κ3) is 4.01. The molecule has 2 aromatic carbocycles. The van der Waals surface area contributed by atoms with Crippen molar-refractivity contribution in [2.75, 3.05) is 31.1 Å². The van der Waals surface area contributed by atoms with Crippen LogP contribution in [0.4, 0.5) is 5.95 Å². The number of nitrogens with zero attached hydrogens (tertiary/aromatic N) is 3. The van der Waals surface area contributed by atoms with Gasteiger partial charge in [-0.3, -0.25) is 0 Å². The first-order valence-corrected chi connectivity index (χ1v) is 10.2. The van der Waals surface area contributed by atoms with Gasteiger partial charge >= 0.3 is 0 Å². The largest absolute Gasteiger partial charge is 0.395 e. The minimum absolute atomic E-state index is 0.184. The van der Waals surface area contributed by atoms with Crippen LogP contribution in [0.3, 0.4) is 0 Å². The Labute approximate surface area is 166 Å². The monoisotopic (exact) mass is 376 g/mol. The van der Waals surface area contributed by atoms with E-state index in [1.165, 1.54) is 10.8 Å². The number of fused-ring (bicyclic) bond motifs is 1. The Balaban J connectivity index is 1.52. The van der Waals surface area contributed by atoms with Gasteiger partial charge in [-0.1, -0.05) is 43.3 Å². The molecular formula is C23H28N4O. The molecule has 28 heavy (non-hydrogen) atoms. The maximum atomic E-state index is 9.10. The first-order valence-electron chi connectivity index (χ1n) is 10.2. The molecule has 5 heteroatoms. The number of aliphatic hydroxyl groups is 1. The summed E-state index contributed by atoms with van der Waals surface area (Å²) < 4.78 is 0. The average molecular weight is 377 g/mol. The van der Waals surface area contributed by atoms with Crippen LogP contribution in [0.15, 0.2) is 54.7 Å². The number of hydrogen-bond acceptors (Lipinski definition) is 5. The lowest BCUT2D eigenvalue weighted by Crippen LogP contribution is -2.38. The molecule has 0 saturated carbocycles. The normalized spacial score (nSPS) is 17.9. The molecule has 1 aliphatic rings. The molecule has 2 heterocycles. The molecule has 3 aromatic rings. The zero-order valence-corrected chi connectivity index (χ0v) is 16.4. The molecule has 146 valence electrons. The molecule has 0 spiro atoms. The van der Waals surface area contributed by atoms with Crippen LogP contribution in [0.5, 0.6) is 0 Å². The van der Waals surface area contributed by atoms with Crippen molar-refractivity contribution in [2.24, 2.45) is 5.92 Å². The lowest BCUT2D eigenvalue weighted by atomic mass is 9.97. The summed E-state index contributed by atoms with van der Waals surface area (Å²) in [6, 6.07) is 17.3. The molecule has 1 aliphatic heterocycles. The Kier molecular flexibility index (Phi) is 5.84. The summed E-state index contributed by atoms with van der Waals surface area (Å²) in [6.45, 7) is 4.97.